The van der Waals surface area contributed by atoms with E-state index in [1.54, 1.807) is 12.1 Å². The van der Waals surface area contributed by atoms with Crippen LogP contribution in [0, 0.1) is 0 Å². The molecular formula is C21H27N3O6S. The van der Waals surface area contributed by atoms with Crippen LogP contribution < -0.4 is 16.4 Å². The Morgan fingerprint density at radius 1 is 0.935 bits per heavy atom. The first-order valence-electron chi connectivity index (χ1n) is 9.75. The third-order valence-electron chi connectivity index (χ3n) is 4.52. The lowest BCUT2D eigenvalue weighted by Crippen LogP contribution is -2.53. The minimum Gasteiger partial charge on any atom is -0.508 e. The molecular weight excluding hydrogens is 422 g/mol. The summed E-state index contributed by atoms with van der Waals surface area (Å²) < 4.78 is 30.4. The van der Waals surface area contributed by atoms with Gasteiger partial charge in [-0.3, -0.25) is 14.1 Å². The van der Waals surface area contributed by atoms with Crippen LogP contribution in [0.2, 0.25) is 0 Å². The number of rotatable bonds is 11. The molecule has 0 aliphatic carbocycles. The van der Waals surface area contributed by atoms with Gasteiger partial charge < -0.3 is 21.5 Å². The number of hydrogen-bond acceptors (Lipinski definition) is 6. The van der Waals surface area contributed by atoms with Crippen molar-refractivity contribution in [2.75, 3.05) is 12.3 Å². The molecule has 31 heavy (non-hydrogen) atoms. The van der Waals surface area contributed by atoms with E-state index in [2.05, 4.69) is 10.6 Å². The number of carbonyl (C=O) groups excluding carboxylic acids is 2. The molecule has 0 unspecified atom stereocenters. The van der Waals surface area contributed by atoms with Crippen LogP contribution in [0.15, 0.2) is 54.6 Å². The molecule has 2 amide bonds. The quantitative estimate of drug-likeness (QED) is 0.245. The van der Waals surface area contributed by atoms with Crippen molar-refractivity contribution in [3.8, 4) is 5.75 Å². The Kier molecular flexibility index (Phi) is 8.98. The third-order valence-corrected chi connectivity index (χ3v) is 5.33. The number of phenolic OH excluding ortho intramolecular Hbond substituents is 1. The Morgan fingerprint density at radius 2 is 1.55 bits per heavy atom. The topological polar surface area (TPSA) is 159 Å². The van der Waals surface area contributed by atoms with Crippen LogP contribution >= 0.6 is 0 Å². The van der Waals surface area contributed by atoms with E-state index in [1.165, 1.54) is 12.1 Å². The largest absolute Gasteiger partial charge is 0.508 e. The fourth-order valence-electron chi connectivity index (χ4n) is 2.91. The van der Waals surface area contributed by atoms with Crippen molar-refractivity contribution in [2.24, 2.45) is 5.73 Å². The Bertz CT molecular complexity index is 964. The normalized spacial score (nSPS) is 13.2. The lowest BCUT2D eigenvalue weighted by molar-refractivity contribution is -0.129. The molecule has 0 heterocycles. The Balaban J connectivity index is 2.02. The minimum atomic E-state index is -4.12. The van der Waals surface area contributed by atoms with Gasteiger partial charge in [0.1, 0.15) is 11.8 Å². The average molecular weight is 450 g/mol. The average Bonchev–Trinajstić information content (AvgIpc) is 2.72. The summed E-state index contributed by atoms with van der Waals surface area (Å²) in [5.41, 5.74) is 7.60. The van der Waals surface area contributed by atoms with Gasteiger partial charge in [-0.1, -0.05) is 42.5 Å². The van der Waals surface area contributed by atoms with Crippen molar-refractivity contribution >= 4 is 21.9 Å². The van der Waals surface area contributed by atoms with Gasteiger partial charge in [-0.15, -0.1) is 0 Å². The van der Waals surface area contributed by atoms with Gasteiger partial charge in [-0.2, -0.15) is 8.42 Å². The number of carbonyl (C=O) groups is 2. The zero-order valence-electron chi connectivity index (χ0n) is 16.9. The first kappa shape index (κ1) is 24.3. The number of hydrogen-bond donors (Lipinski definition) is 5. The van der Waals surface area contributed by atoms with Crippen LogP contribution in [0.1, 0.15) is 17.5 Å². The highest BCUT2D eigenvalue weighted by Crippen LogP contribution is 2.12. The SMILES string of the molecule is N[C@H](Cc1ccccc1)C(=O)N[C@H](Cc1ccc(O)cc1)C(=O)NCCCS(=O)(=O)O. The summed E-state index contributed by atoms with van der Waals surface area (Å²) in [6.45, 7) is 0.0106. The lowest BCUT2D eigenvalue weighted by atomic mass is 10.0. The molecule has 0 bridgehead atoms. The summed E-state index contributed by atoms with van der Waals surface area (Å²) in [6, 6.07) is 13.6. The minimum absolute atomic E-state index is 0.0106. The molecule has 0 saturated carbocycles. The zero-order chi connectivity index (χ0) is 22.9. The molecule has 2 atom stereocenters. The maximum atomic E-state index is 12.6. The first-order valence-corrected chi connectivity index (χ1v) is 11.4. The van der Waals surface area contributed by atoms with E-state index >= 15 is 0 Å². The highest BCUT2D eigenvalue weighted by Gasteiger charge is 2.24. The van der Waals surface area contributed by atoms with Gasteiger partial charge in [-0.25, -0.2) is 0 Å². The number of nitrogens with one attached hydrogen (secondary N) is 2. The van der Waals surface area contributed by atoms with Gasteiger partial charge in [0.25, 0.3) is 10.1 Å². The van der Waals surface area contributed by atoms with Crippen LogP contribution in [0.25, 0.3) is 0 Å². The van der Waals surface area contributed by atoms with E-state index in [4.69, 9.17) is 10.3 Å². The smallest absolute Gasteiger partial charge is 0.264 e. The molecule has 0 saturated heterocycles. The summed E-state index contributed by atoms with van der Waals surface area (Å²) in [6.07, 6.45) is 0.473. The number of benzene rings is 2. The second kappa shape index (κ2) is 11.4. The fourth-order valence-corrected chi connectivity index (χ4v) is 3.41. The van der Waals surface area contributed by atoms with Gasteiger partial charge in [-0.05, 0) is 36.1 Å². The molecule has 6 N–H and O–H groups in total. The van der Waals surface area contributed by atoms with Crippen molar-refractivity contribution in [2.45, 2.75) is 31.3 Å². The second-order valence-corrected chi connectivity index (χ2v) is 8.73. The van der Waals surface area contributed by atoms with Crippen LogP contribution in [0.3, 0.4) is 0 Å². The van der Waals surface area contributed by atoms with Crippen molar-refractivity contribution in [3.05, 3.63) is 65.7 Å². The van der Waals surface area contributed by atoms with Gasteiger partial charge >= 0.3 is 0 Å². The third kappa shape index (κ3) is 9.16. The Morgan fingerprint density at radius 3 is 2.16 bits per heavy atom. The zero-order valence-corrected chi connectivity index (χ0v) is 17.7. The van der Waals surface area contributed by atoms with Gasteiger partial charge in [0, 0.05) is 13.0 Å². The highest BCUT2D eigenvalue weighted by molar-refractivity contribution is 7.85. The van der Waals surface area contributed by atoms with Crippen molar-refractivity contribution in [1.29, 1.82) is 0 Å². The number of amides is 2. The van der Waals surface area contributed by atoms with Crippen molar-refractivity contribution in [1.82, 2.24) is 10.6 Å². The molecule has 0 aromatic heterocycles. The van der Waals surface area contributed by atoms with E-state index in [0.717, 1.165) is 5.56 Å². The molecule has 168 valence electrons. The maximum absolute atomic E-state index is 12.6. The number of nitrogens with two attached hydrogens (primary N) is 1. The second-order valence-electron chi connectivity index (χ2n) is 7.16. The molecule has 0 spiro atoms. The van der Waals surface area contributed by atoms with Crippen molar-refractivity contribution < 1.29 is 27.7 Å². The van der Waals surface area contributed by atoms with E-state index in [9.17, 15) is 23.1 Å². The van der Waals surface area contributed by atoms with Crippen LogP contribution in [-0.2, 0) is 32.5 Å². The van der Waals surface area contributed by atoms with Gasteiger partial charge in [0.15, 0.2) is 0 Å². The molecule has 0 radical (unpaired) electrons. The molecule has 9 nitrogen and oxygen atoms in total. The summed E-state index contributed by atoms with van der Waals surface area (Å²) in [5, 5.41) is 14.6. The highest BCUT2D eigenvalue weighted by atomic mass is 32.2. The van der Waals surface area contributed by atoms with Crippen LogP contribution in [-0.4, -0.2) is 54.3 Å². The molecule has 0 aliphatic rings. The first-order chi connectivity index (χ1) is 14.6. The van der Waals surface area contributed by atoms with Gasteiger partial charge in [0.2, 0.25) is 11.8 Å². The summed E-state index contributed by atoms with van der Waals surface area (Å²) >= 11 is 0. The maximum Gasteiger partial charge on any atom is 0.264 e. The van der Waals surface area contributed by atoms with E-state index in [1.807, 2.05) is 30.3 Å². The predicted octanol–water partition coefficient (Wildman–Crippen LogP) is 0.384. The lowest BCUT2D eigenvalue weighted by Gasteiger charge is -2.21. The molecule has 2 aromatic rings. The van der Waals surface area contributed by atoms with Crippen LogP contribution in [0.5, 0.6) is 5.75 Å². The fraction of sp³-hybridized carbons (Fsp3) is 0.333. The summed E-state index contributed by atoms with van der Waals surface area (Å²) in [5.74, 6) is -1.42. The molecule has 0 aliphatic heterocycles. The Hall–Kier alpha value is -2.95. The van der Waals surface area contributed by atoms with E-state index in [-0.39, 0.29) is 25.1 Å². The summed E-state index contributed by atoms with van der Waals surface area (Å²) in [4.78, 5) is 25.2. The standard InChI is InChI=1S/C21H27N3O6S/c22-18(13-15-5-2-1-3-6-15)20(26)24-19(14-16-7-9-17(25)10-8-16)21(27)23-11-4-12-31(28,29)30/h1-3,5-10,18-19,25H,4,11-14,22H2,(H,23,27)(H,24,26)(H,28,29,30)/t18-,19-/m1/s1. The molecule has 10 heteroatoms. The number of aromatic hydroxyl groups is 1. The molecule has 0 fully saturated rings. The molecule has 2 rings (SSSR count). The predicted molar refractivity (Wildman–Crippen MR) is 116 cm³/mol. The number of phenols is 1. The molecule has 2 aromatic carbocycles. The van der Waals surface area contributed by atoms with Crippen molar-refractivity contribution in [3.63, 3.8) is 0 Å². The van der Waals surface area contributed by atoms with Gasteiger partial charge in [0.05, 0.1) is 11.8 Å². The summed E-state index contributed by atoms with van der Waals surface area (Å²) in [7, 11) is -4.12. The Labute approximate surface area is 181 Å². The monoisotopic (exact) mass is 449 g/mol. The van der Waals surface area contributed by atoms with Crippen LogP contribution in [0.4, 0.5) is 0 Å². The van der Waals surface area contributed by atoms with E-state index in [0.29, 0.717) is 12.0 Å². The van der Waals surface area contributed by atoms with E-state index < -0.39 is 39.8 Å².